The molecule has 0 saturated carbocycles. The van der Waals surface area contributed by atoms with Crippen LogP contribution < -0.4 is 0 Å². The fraction of sp³-hybridized carbons (Fsp3) is 0.725. The van der Waals surface area contributed by atoms with Crippen LogP contribution in [-0.4, -0.2) is 178 Å². The summed E-state index contributed by atoms with van der Waals surface area (Å²) >= 11 is 0. The molecule has 0 aromatic heterocycles. The molecule has 3 heterocycles. The van der Waals surface area contributed by atoms with Gasteiger partial charge < -0.3 is 75.8 Å². The van der Waals surface area contributed by atoms with E-state index < -0.39 is 178 Å². The molecule has 376 valence electrons. The lowest BCUT2D eigenvalue weighted by molar-refractivity contribution is -0.398. The molecule has 0 unspecified atom stereocenters. The number of carbonyl (C=O) groups is 11. The molecule has 67 heavy (non-hydrogen) atoms. The van der Waals surface area contributed by atoms with Gasteiger partial charge in [0.2, 0.25) is 12.1 Å². The Morgan fingerprint density at radius 1 is 0.358 bits per heavy atom. The van der Waals surface area contributed by atoms with E-state index in [2.05, 4.69) is 0 Å². The molecular weight excluding hydrogens is 912 g/mol. The number of hydrogen-bond acceptors (Lipinski definition) is 27. The third-order valence-corrected chi connectivity index (χ3v) is 9.17. The van der Waals surface area contributed by atoms with Crippen LogP contribution in [0.2, 0.25) is 0 Å². The van der Waals surface area contributed by atoms with E-state index in [-0.39, 0.29) is 0 Å². The molecule has 0 N–H and O–H groups in total. The van der Waals surface area contributed by atoms with Crippen LogP contribution in [0.3, 0.4) is 0 Å². The van der Waals surface area contributed by atoms with Crippen molar-refractivity contribution in [3.05, 3.63) is 0 Å². The Morgan fingerprint density at radius 2 is 0.701 bits per heavy atom. The first-order valence-electron chi connectivity index (χ1n) is 20.3. The molecule has 27 nitrogen and oxygen atoms in total. The molecular formula is C40H54O27. The van der Waals surface area contributed by atoms with Crippen LogP contribution >= 0.6 is 0 Å². The second-order valence-electron chi connectivity index (χ2n) is 14.9. The number of hydrogen-bond donors (Lipinski definition) is 0. The molecule has 14 atom stereocenters. The van der Waals surface area contributed by atoms with Gasteiger partial charge >= 0.3 is 65.7 Å². The Labute approximate surface area is 382 Å². The lowest BCUT2D eigenvalue weighted by Crippen LogP contribution is -2.68. The Balaban J connectivity index is 2.34. The molecule has 0 aliphatic carbocycles. The van der Waals surface area contributed by atoms with Gasteiger partial charge in [0, 0.05) is 76.2 Å². The van der Waals surface area contributed by atoms with Gasteiger partial charge in [-0.3, -0.25) is 52.7 Å². The average molecular weight is 967 g/mol. The van der Waals surface area contributed by atoms with Crippen molar-refractivity contribution in [2.24, 2.45) is 0 Å². The molecule has 27 heteroatoms. The van der Waals surface area contributed by atoms with Crippen molar-refractivity contribution in [3.8, 4) is 0 Å². The van der Waals surface area contributed by atoms with Crippen LogP contribution in [-0.2, 0) is 129 Å². The third-order valence-electron chi connectivity index (χ3n) is 9.17. The SMILES string of the molecule is CC(=O)OC[C@H]1O[C@@H](O[C@H]2[C@H](OC(C)=O)[C@@H](OC(C)=O)[C@@H](O[C@]3(COC(C)=O)O[C@H](COC(C)=O)[C@@H](OC(C)=O)[C@@H]3OC(C)=O)O[C@@H]2COC(C)=O)[C@H](OC(C)=O)[C@@H](OC(C)=O)[C@H]1OC(C)=O. The summed E-state index contributed by atoms with van der Waals surface area (Å²) < 4.78 is 90.7. The smallest absolute Gasteiger partial charge is 0.303 e. The van der Waals surface area contributed by atoms with Crippen molar-refractivity contribution in [2.45, 2.75) is 162 Å². The van der Waals surface area contributed by atoms with Gasteiger partial charge in [-0.15, -0.1) is 0 Å². The molecule has 0 spiro atoms. The quantitative estimate of drug-likeness (QED) is 0.107. The zero-order valence-electron chi connectivity index (χ0n) is 38.4. The maximum atomic E-state index is 13.0. The number of carbonyl (C=O) groups excluding carboxylic acids is 11. The van der Waals surface area contributed by atoms with Crippen LogP contribution in [0.5, 0.6) is 0 Å². The molecule has 0 radical (unpaired) electrons. The van der Waals surface area contributed by atoms with Crippen molar-refractivity contribution in [3.63, 3.8) is 0 Å². The lowest BCUT2D eigenvalue weighted by atomic mass is 9.95. The van der Waals surface area contributed by atoms with E-state index in [1.165, 1.54) is 0 Å². The van der Waals surface area contributed by atoms with Crippen molar-refractivity contribution in [1.29, 1.82) is 0 Å². The minimum absolute atomic E-state index is 0.688. The van der Waals surface area contributed by atoms with E-state index >= 15 is 0 Å². The number of rotatable bonds is 19. The monoisotopic (exact) mass is 966 g/mol. The molecule has 3 aliphatic heterocycles. The third kappa shape index (κ3) is 16.4. The highest BCUT2D eigenvalue weighted by atomic mass is 16.8. The Hall–Kier alpha value is -6.03. The van der Waals surface area contributed by atoms with E-state index in [1.54, 1.807) is 0 Å². The summed E-state index contributed by atoms with van der Waals surface area (Å²) in [4.78, 5) is 137. The Morgan fingerprint density at radius 3 is 1.13 bits per heavy atom. The molecule has 3 rings (SSSR count). The molecule has 3 saturated heterocycles. The van der Waals surface area contributed by atoms with Crippen LogP contribution in [0, 0.1) is 0 Å². The summed E-state index contributed by atoms with van der Waals surface area (Å²) in [7, 11) is 0. The summed E-state index contributed by atoms with van der Waals surface area (Å²) in [6, 6.07) is 0. The maximum Gasteiger partial charge on any atom is 0.303 e. The van der Waals surface area contributed by atoms with Gasteiger partial charge in [-0.2, -0.15) is 0 Å². The molecule has 0 aromatic carbocycles. The van der Waals surface area contributed by atoms with E-state index in [0.29, 0.717) is 0 Å². The van der Waals surface area contributed by atoms with Gasteiger partial charge in [0.05, 0.1) is 0 Å². The summed E-state index contributed by atoms with van der Waals surface area (Å²) in [5.41, 5.74) is 0. The highest BCUT2D eigenvalue weighted by Crippen LogP contribution is 2.42. The fourth-order valence-corrected chi connectivity index (χ4v) is 7.04. The van der Waals surface area contributed by atoms with Crippen molar-refractivity contribution in [1.82, 2.24) is 0 Å². The highest BCUT2D eigenvalue weighted by Gasteiger charge is 2.65. The highest BCUT2D eigenvalue weighted by molar-refractivity contribution is 5.70. The lowest BCUT2D eigenvalue weighted by Gasteiger charge is -2.49. The van der Waals surface area contributed by atoms with E-state index in [0.717, 1.165) is 76.2 Å². The largest absolute Gasteiger partial charge is 0.463 e. The van der Waals surface area contributed by atoms with E-state index in [9.17, 15) is 52.7 Å². The predicted molar refractivity (Wildman–Crippen MR) is 206 cm³/mol. The molecule has 0 aromatic rings. The maximum absolute atomic E-state index is 13.0. The standard InChI is InChI=1S/C40H54O27/c1-16(41)52-12-27-30(56-20(5)45)33(58-22(7)47)35(60-24(9)49)38(63-27)65-31-28(13-53-17(2)42)64-39(36(61-25(10)50)34(31)59-23(8)48)67-40(15-55-19(4)44)37(62-26(11)51)32(57-21(6)46)29(66-40)14-54-18(3)43/h27-39H,12-15H2,1-11H3/t27-,28-,29-,30+,31-,32-,33+,34+,35-,36-,37+,38+,39-,40+/m1/s1. The molecule has 3 aliphatic rings. The molecule has 0 bridgehead atoms. The van der Waals surface area contributed by atoms with Crippen LogP contribution in [0.4, 0.5) is 0 Å². The van der Waals surface area contributed by atoms with Gasteiger partial charge in [-0.25, -0.2) is 0 Å². The Bertz CT molecular complexity index is 1860. The van der Waals surface area contributed by atoms with Crippen LogP contribution in [0.1, 0.15) is 76.2 Å². The van der Waals surface area contributed by atoms with Gasteiger partial charge in [-0.05, 0) is 0 Å². The predicted octanol–water partition coefficient (Wildman–Crippen LogP) is -1.29. The van der Waals surface area contributed by atoms with E-state index in [1.807, 2.05) is 0 Å². The minimum atomic E-state index is -2.66. The van der Waals surface area contributed by atoms with Gasteiger partial charge in [-0.1, -0.05) is 0 Å². The zero-order valence-corrected chi connectivity index (χ0v) is 38.4. The van der Waals surface area contributed by atoms with Gasteiger partial charge in [0.15, 0.2) is 49.0 Å². The normalized spacial score (nSPS) is 31.1. The summed E-state index contributed by atoms with van der Waals surface area (Å²) in [5, 5.41) is 0. The fourth-order valence-electron chi connectivity index (χ4n) is 7.04. The zero-order chi connectivity index (χ0) is 50.5. The molecule has 0 amide bonds. The first kappa shape index (κ1) is 55.3. The van der Waals surface area contributed by atoms with Gasteiger partial charge in [0.25, 0.3) is 0 Å². The average Bonchev–Trinajstić information content (AvgIpc) is 3.44. The second-order valence-corrected chi connectivity index (χ2v) is 14.9. The summed E-state index contributed by atoms with van der Waals surface area (Å²) in [6.07, 6.45) is -24.0. The Kier molecular flexibility index (Phi) is 20.3. The van der Waals surface area contributed by atoms with Crippen molar-refractivity contribution >= 4 is 65.7 Å². The number of esters is 11. The summed E-state index contributed by atoms with van der Waals surface area (Å²) in [6.45, 7) is 7.47. The van der Waals surface area contributed by atoms with Crippen LogP contribution in [0.25, 0.3) is 0 Å². The van der Waals surface area contributed by atoms with E-state index in [4.69, 9.17) is 75.8 Å². The summed E-state index contributed by atoms with van der Waals surface area (Å²) in [5.74, 6) is -13.4. The van der Waals surface area contributed by atoms with Crippen molar-refractivity contribution in [2.75, 3.05) is 26.4 Å². The van der Waals surface area contributed by atoms with Gasteiger partial charge in [0.1, 0.15) is 50.8 Å². The minimum Gasteiger partial charge on any atom is -0.463 e. The topological polar surface area (TPSA) is 335 Å². The number of ether oxygens (including phenoxy) is 16. The van der Waals surface area contributed by atoms with Crippen LogP contribution in [0.15, 0.2) is 0 Å². The second kappa shape index (κ2) is 24.7. The van der Waals surface area contributed by atoms with Crippen molar-refractivity contribution < 1.29 is 129 Å². The first-order chi connectivity index (χ1) is 31.2. The molecule has 3 fully saturated rings. The first-order valence-corrected chi connectivity index (χ1v) is 20.3.